The SMILES string of the molecule is CC(C)Cn1c(=O)c2cc(C(=O)NC(C)c3ccco3)nn2c2ccccc21. The van der Waals surface area contributed by atoms with Gasteiger partial charge in [0.2, 0.25) is 0 Å². The smallest absolute Gasteiger partial charge is 0.277 e. The molecule has 1 atom stereocenters. The maximum Gasteiger partial charge on any atom is 0.277 e. The van der Waals surface area contributed by atoms with E-state index < -0.39 is 0 Å². The molecule has 0 spiro atoms. The minimum atomic E-state index is -0.355. The second-order valence-electron chi connectivity index (χ2n) is 7.34. The van der Waals surface area contributed by atoms with Crippen molar-refractivity contribution in [3.8, 4) is 0 Å². The van der Waals surface area contributed by atoms with Crippen LogP contribution in [0.2, 0.25) is 0 Å². The molecule has 0 saturated heterocycles. The molecule has 4 aromatic rings. The van der Waals surface area contributed by atoms with Crippen molar-refractivity contribution in [2.45, 2.75) is 33.4 Å². The lowest BCUT2D eigenvalue weighted by molar-refractivity contribution is 0.0930. The fourth-order valence-corrected chi connectivity index (χ4v) is 3.37. The van der Waals surface area contributed by atoms with E-state index in [1.165, 1.54) is 0 Å². The fourth-order valence-electron chi connectivity index (χ4n) is 3.37. The topological polar surface area (TPSA) is 81.5 Å². The van der Waals surface area contributed by atoms with E-state index in [0.717, 1.165) is 11.0 Å². The lowest BCUT2D eigenvalue weighted by Gasteiger charge is -2.13. The van der Waals surface area contributed by atoms with Gasteiger partial charge in [-0.15, -0.1) is 0 Å². The molecule has 4 rings (SSSR count). The molecular formula is C21H22N4O3. The number of hydrogen-bond acceptors (Lipinski definition) is 4. The highest BCUT2D eigenvalue weighted by atomic mass is 16.3. The molecule has 0 aliphatic carbocycles. The monoisotopic (exact) mass is 378 g/mol. The summed E-state index contributed by atoms with van der Waals surface area (Å²) in [6.07, 6.45) is 1.56. The van der Waals surface area contributed by atoms with Crippen LogP contribution in [-0.4, -0.2) is 20.1 Å². The predicted molar refractivity (Wildman–Crippen MR) is 106 cm³/mol. The normalized spacial score (nSPS) is 12.7. The molecule has 1 unspecified atom stereocenters. The minimum absolute atomic E-state index is 0.155. The predicted octanol–water partition coefficient (Wildman–Crippen LogP) is 3.39. The van der Waals surface area contributed by atoms with Crippen LogP contribution in [0.1, 0.15) is 43.1 Å². The highest BCUT2D eigenvalue weighted by molar-refractivity contribution is 5.94. The molecular weight excluding hydrogens is 356 g/mol. The largest absolute Gasteiger partial charge is 0.467 e. The maximum absolute atomic E-state index is 13.1. The number of hydrogen-bond donors (Lipinski definition) is 1. The van der Waals surface area contributed by atoms with Crippen molar-refractivity contribution < 1.29 is 9.21 Å². The van der Waals surface area contributed by atoms with Crippen molar-refractivity contribution in [1.29, 1.82) is 0 Å². The van der Waals surface area contributed by atoms with Crippen LogP contribution in [0.5, 0.6) is 0 Å². The Morgan fingerprint density at radius 1 is 1.11 bits per heavy atom. The molecule has 1 N–H and O–H groups in total. The molecule has 1 amide bonds. The third-order valence-corrected chi connectivity index (χ3v) is 4.67. The first-order chi connectivity index (χ1) is 13.5. The average molecular weight is 378 g/mol. The van der Waals surface area contributed by atoms with E-state index in [9.17, 15) is 9.59 Å². The number of carbonyl (C=O) groups is 1. The minimum Gasteiger partial charge on any atom is -0.467 e. The van der Waals surface area contributed by atoms with Crippen LogP contribution in [0, 0.1) is 5.92 Å². The van der Waals surface area contributed by atoms with Crippen molar-refractivity contribution in [2.75, 3.05) is 0 Å². The molecule has 144 valence electrons. The van der Waals surface area contributed by atoms with Crippen LogP contribution < -0.4 is 10.9 Å². The Hall–Kier alpha value is -3.35. The third-order valence-electron chi connectivity index (χ3n) is 4.67. The van der Waals surface area contributed by atoms with Crippen LogP contribution in [-0.2, 0) is 6.54 Å². The molecule has 0 fully saturated rings. The zero-order valence-corrected chi connectivity index (χ0v) is 16.0. The summed E-state index contributed by atoms with van der Waals surface area (Å²) in [5.74, 6) is 0.608. The van der Waals surface area contributed by atoms with Gasteiger partial charge in [-0.1, -0.05) is 26.0 Å². The second-order valence-corrected chi connectivity index (χ2v) is 7.34. The van der Waals surface area contributed by atoms with Crippen molar-refractivity contribution in [3.63, 3.8) is 0 Å². The number of fused-ring (bicyclic) bond motifs is 3. The number of carbonyl (C=O) groups excluding carboxylic acids is 1. The lowest BCUT2D eigenvalue weighted by Crippen LogP contribution is -2.26. The van der Waals surface area contributed by atoms with E-state index in [0.29, 0.717) is 23.7 Å². The molecule has 0 bridgehead atoms. The molecule has 3 aromatic heterocycles. The van der Waals surface area contributed by atoms with Crippen LogP contribution in [0.15, 0.2) is 57.9 Å². The van der Waals surface area contributed by atoms with Gasteiger partial charge in [0.25, 0.3) is 11.5 Å². The molecule has 7 heteroatoms. The van der Waals surface area contributed by atoms with Gasteiger partial charge in [0.1, 0.15) is 11.3 Å². The zero-order valence-electron chi connectivity index (χ0n) is 16.0. The number of amides is 1. The Morgan fingerprint density at radius 2 is 1.86 bits per heavy atom. The van der Waals surface area contributed by atoms with E-state index >= 15 is 0 Å². The van der Waals surface area contributed by atoms with E-state index in [1.54, 1.807) is 33.5 Å². The zero-order chi connectivity index (χ0) is 19.8. The van der Waals surface area contributed by atoms with Gasteiger partial charge in [0.05, 0.1) is 23.3 Å². The first-order valence-electron chi connectivity index (χ1n) is 9.31. The molecule has 28 heavy (non-hydrogen) atoms. The third kappa shape index (κ3) is 3.09. The summed E-state index contributed by atoms with van der Waals surface area (Å²) in [6.45, 7) is 6.56. The van der Waals surface area contributed by atoms with Gasteiger partial charge in [0, 0.05) is 12.6 Å². The standard InChI is InChI=1S/C21H22N4O3/c1-13(2)12-24-16-7-4-5-8-17(16)25-18(21(24)27)11-15(23-25)20(26)22-14(3)19-9-6-10-28-19/h4-11,13-14H,12H2,1-3H3,(H,22,26). The highest BCUT2D eigenvalue weighted by Crippen LogP contribution is 2.17. The molecule has 0 aliphatic rings. The van der Waals surface area contributed by atoms with Crippen LogP contribution in [0.3, 0.4) is 0 Å². The van der Waals surface area contributed by atoms with E-state index in [-0.39, 0.29) is 23.2 Å². The summed E-state index contributed by atoms with van der Waals surface area (Å²) in [6, 6.07) is 12.4. The first kappa shape index (κ1) is 18.0. The number of furan rings is 1. The quantitative estimate of drug-likeness (QED) is 0.577. The molecule has 0 radical (unpaired) electrons. The van der Waals surface area contributed by atoms with Gasteiger partial charge in [-0.3, -0.25) is 9.59 Å². The van der Waals surface area contributed by atoms with Crippen LogP contribution in [0.4, 0.5) is 0 Å². The summed E-state index contributed by atoms with van der Waals surface area (Å²) in [4.78, 5) is 25.8. The maximum atomic E-state index is 13.1. The molecule has 1 aromatic carbocycles. The van der Waals surface area contributed by atoms with E-state index in [4.69, 9.17) is 4.42 Å². The van der Waals surface area contributed by atoms with Crippen molar-refractivity contribution in [3.05, 3.63) is 70.5 Å². The number of nitrogens with zero attached hydrogens (tertiary/aromatic N) is 3. The number of rotatable bonds is 5. The summed E-state index contributed by atoms with van der Waals surface area (Å²) in [7, 11) is 0. The summed E-state index contributed by atoms with van der Waals surface area (Å²) in [5.41, 5.74) is 2.01. The first-order valence-corrected chi connectivity index (χ1v) is 9.31. The number of para-hydroxylation sites is 2. The Balaban J connectivity index is 1.80. The van der Waals surface area contributed by atoms with Gasteiger partial charge in [-0.05, 0) is 37.1 Å². The Morgan fingerprint density at radius 3 is 2.54 bits per heavy atom. The van der Waals surface area contributed by atoms with E-state index in [1.807, 2.05) is 31.2 Å². The van der Waals surface area contributed by atoms with Crippen LogP contribution >= 0.6 is 0 Å². The summed E-state index contributed by atoms with van der Waals surface area (Å²) < 4.78 is 8.64. The molecule has 7 nitrogen and oxygen atoms in total. The average Bonchev–Trinajstić information content (AvgIpc) is 3.35. The van der Waals surface area contributed by atoms with Gasteiger partial charge in [-0.2, -0.15) is 5.10 Å². The van der Waals surface area contributed by atoms with Crippen molar-refractivity contribution >= 4 is 22.5 Å². The van der Waals surface area contributed by atoms with Gasteiger partial charge >= 0.3 is 0 Å². The van der Waals surface area contributed by atoms with Gasteiger partial charge in [0.15, 0.2) is 5.69 Å². The summed E-state index contributed by atoms with van der Waals surface area (Å²) >= 11 is 0. The Labute approximate surface area is 161 Å². The van der Waals surface area contributed by atoms with Crippen molar-refractivity contribution in [2.24, 2.45) is 5.92 Å². The molecule has 3 heterocycles. The van der Waals surface area contributed by atoms with E-state index in [2.05, 4.69) is 24.3 Å². The Bertz CT molecular complexity index is 1200. The number of benzene rings is 1. The number of nitrogens with one attached hydrogen (secondary N) is 1. The lowest BCUT2D eigenvalue weighted by atomic mass is 10.2. The Kier molecular flexibility index (Phi) is 4.50. The highest BCUT2D eigenvalue weighted by Gasteiger charge is 2.19. The molecule has 0 aliphatic heterocycles. The van der Waals surface area contributed by atoms with Crippen LogP contribution in [0.25, 0.3) is 16.6 Å². The van der Waals surface area contributed by atoms with Gasteiger partial charge < -0.3 is 14.3 Å². The van der Waals surface area contributed by atoms with Crippen molar-refractivity contribution in [1.82, 2.24) is 19.5 Å². The molecule has 0 saturated carbocycles. The summed E-state index contributed by atoms with van der Waals surface area (Å²) in [5, 5.41) is 7.27. The number of aromatic nitrogens is 3. The van der Waals surface area contributed by atoms with Gasteiger partial charge in [-0.25, -0.2) is 4.52 Å². The second kappa shape index (κ2) is 6.99. The fraction of sp³-hybridized carbons (Fsp3) is 0.286.